The number of nitrogens with zero attached hydrogens (tertiary/aromatic N) is 4. The second kappa shape index (κ2) is 22.3. The molecule has 0 aliphatic carbocycles. The van der Waals surface area contributed by atoms with Crippen molar-refractivity contribution in [3.8, 4) is 0 Å². The van der Waals surface area contributed by atoms with E-state index >= 15 is 0 Å². The maximum atomic E-state index is 14.3. The maximum absolute atomic E-state index is 14.3. The first-order valence-electron chi connectivity index (χ1n) is 18.1. The average Bonchev–Trinajstić information content (AvgIpc) is 3.61. The molecule has 0 aromatic carbocycles. The number of thioether (sulfide) groups is 1. The van der Waals surface area contributed by atoms with Gasteiger partial charge in [0, 0.05) is 18.8 Å². The molecule has 0 saturated carbocycles. The molecule has 2 aliphatic heterocycles. The van der Waals surface area contributed by atoms with E-state index in [0.29, 0.717) is 50.6 Å². The van der Waals surface area contributed by atoms with E-state index < -0.39 is 60.3 Å². The highest BCUT2D eigenvalue weighted by Crippen LogP contribution is 2.41. The van der Waals surface area contributed by atoms with Crippen molar-refractivity contribution < 1.29 is 33.6 Å². The Morgan fingerprint density at radius 1 is 1.09 bits per heavy atom. The van der Waals surface area contributed by atoms with E-state index in [1.807, 2.05) is 20.1 Å². The van der Waals surface area contributed by atoms with Crippen LogP contribution in [0.2, 0.25) is 0 Å². The minimum Gasteiger partial charge on any atom is -0.370 e. The summed E-state index contributed by atoms with van der Waals surface area (Å²) in [5.41, 5.74) is 18.4. The van der Waals surface area contributed by atoms with Crippen LogP contribution in [0.5, 0.6) is 0 Å². The Hall–Kier alpha value is -3.10. The summed E-state index contributed by atoms with van der Waals surface area (Å²) < 4.78 is 0. The smallest absolute Gasteiger partial charge is 0.256 e. The summed E-state index contributed by atoms with van der Waals surface area (Å²) in [5.74, 6) is -1.30. The van der Waals surface area contributed by atoms with Gasteiger partial charge in [0.1, 0.15) is 43.0 Å². The van der Waals surface area contributed by atoms with E-state index in [1.54, 1.807) is 25.7 Å². The molecule has 300 valence electrons. The molecule has 19 heteroatoms. The van der Waals surface area contributed by atoms with Crippen LogP contribution < -0.4 is 33.1 Å². The van der Waals surface area contributed by atoms with E-state index in [4.69, 9.17) is 11.5 Å². The van der Waals surface area contributed by atoms with Crippen LogP contribution >= 0.6 is 24.4 Å². The molecule has 0 bridgehead atoms. The molecule has 2 aliphatic rings. The molecule has 0 spiro atoms. The molecular weight excluding hydrogens is 725 g/mol. The second-order valence-electron chi connectivity index (χ2n) is 14.3. The first kappa shape index (κ1) is 46.1. The molecule has 17 nitrogen and oxygen atoms in total. The highest BCUT2D eigenvalue weighted by Gasteiger charge is 2.64. The number of amides is 3. The molecule has 2 rings (SSSR count). The fraction of sp³-hybridized carbons (Fsp3) is 0.765. The number of nitrogens with one attached hydrogen (secondary N) is 4. The van der Waals surface area contributed by atoms with Crippen molar-refractivity contribution in [2.24, 2.45) is 28.3 Å². The van der Waals surface area contributed by atoms with Crippen molar-refractivity contribution in [2.45, 2.75) is 115 Å². The monoisotopic (exact) mass is 784 g/mol. The molecule has 2 fully saturated rings. The topological polar surface area (TPSA) is 242 Å². The molecular formula is C34H60N10O7S2. The van der Waals surface area contributed by atoms with Gasteiger partial charge in [-0.1, -0.05) is 27.7 Å². The number of rotatable bonds is 25. The zero-order valence-corrected chi connectivity index (χ0v) is 33.5. The van der Waals surface area contributed by atoms with E-state index in [2.05, 4.69) is 39.2 Å². The number of hydrogen-bond acceptors (Lipinski definition) is 14. The van der Waals surface area contributed by atoms with E-state index in [-0.39, 0.29) is 48.2 Å². The third kappa shape index (κ3) is 12.2. The lowest BCUT2D eigenvalue weighted by atomic mass is 9.83. The number of nitrogens with two attached hydrogens (primary N) is 2. The second-order valence-corrected chi connectivity index (χ2v) is 15.7. The van der Waals surface area contributed by atoms with Gasteiger partial charge in [-0.05, 0) is 69.3 Å². The molecule has 7 atom stereocenters. The summed E-state index contributed by atoms with van der Waals surface area (Å²) >= 11 is 5.90. The summed E-state index contributed by atoms with van der Waals surface area (Å²) in [6.45, 7) is 9.31. The number of guanidine groups is 1. The van der Waals surface area contributed by atoms with Crippen molar-refractivity contribution in [2.75, 3.05) is 37.4 Å². The third-order valence-electron chi connectivity index (χ3n) is 9.62. The third-order valence-corrected chi connectivity index (χ3v) is 10.6. The molecule has 0 aromatic rings. The number of carbonyl (C=O) groups excluding carboxylic acids is 7. The van der Waals surface area contributed by atoms with Crippen LogP contribution in [0, 0.1) is 11.8 Å². The van der Waals surface area contributed by atoms with Gasteiger partial charge in [-0.25, -0.2) is 16.3 Å². The lowest BCUT2D eigenvalue weighted by Crippen LogP contribution is -2.83. The fourth-order valence-electron chi connectivity index (χ4n) is 6.63. The summed E-state index contributed by atoms with van der Waals surface area (Å²) in [6.07, 6.45) is 6.53. The highest BCUT2D eigenvalue weighted by molar-refractivity contribution is 7.98. The summed E-state index contributed by atoms with van der Waals surface area (Å²) in [4.78, 5) is 98.0. The number of aliphatic imine (C=N–C) groups is 1. The van der Waals surface area contributed by atoms with Gasteiger partial charge in [-0.2, -0.15) is 24.4 Å². The minimum absolute atomic E-state index is 0.0265. The van der Waals surface area contributed by atoms with Crippen LogP contribution in [0.1, 0.15) is 73.1 Å². The normalized spacial score (nSPS) is 22.4. The van der Waals surface area contributed by atoms with Gasteiger partial charge in [0.25, 0.3) is 5.91 Å². The molecule has 2 heterocycles. The van der Waals surface area contributed by atoms with Crippen LogP contribution in [-0.4, -0.2) is 142 Å². The fourth-order valence-corrected chi connectivity index (χ4v) is 7.43. The predicted molar refractivity (Wildman–Crippen MR) is 207 cm³/mol. The number of thiol groups is 1. The highest BCUT2D eigenvalue weighted by atomic mass is 32.2. The quantitative estimate of drug-likeness (QED) is 0.0147. The summed E-state index contributed by atoms with van der Waals surface area (Å²) in [5, 5.41) is 3.72. The predicted octanol–water partition coefficient (Wildman–Crippen LogP) is -1.000. The van der Waals surface area contributed by atoms with Crippen molar-refractivity contribution in [1.82, 2.24) is 36.4 Å². The van der Waals surface area contributed by atoms with Gasteiger partial charge < -0.3 is 36.1 Å². The zero-order chi connectivity index (χ0) is 39.9. The van der Waals surface area contributed by atoms with Gasteiger partial charge in [-0.3, -0.25) is 34.1 Å². The molecule has 0 radical (unpaired) electrons. The molecule has 53 heavy (non-hydrogen) atoms. The van der Waals surface area contributed by atoms with Crippen molar-refractivity contribution in [3.05, 3.63) is 0 Å². The maximum Gasteiger partial charge on any atom is 0.256 e. The zero-order valence-electron chi connectivity index (χ0n) is 31.8. The van der Waals surface area contributed by atoms with Gasteiger partial charge in [0.15, 0.2) is 17.4 Å². The van der Waals surface area contributed by atoms with Gasteiger partial charge in [0.05, 0.1) is 18.6 Å². The lowest BCUT2D eigenvalue weighted by Gasteiger charge is -2.59. The Morgan fingerprint density at radius 2 is 1.77 bits per heavy atom. The van der Waals surface area contributed by atoms with Gasteiger partial charge in [0.2, 0.25) is 11.8 Å². The van der Waals surface area contributed by atoms with Crippen molar-refractivity contribution >= 4 is 72.7 Å². The van der Waals surface area contributed by atoms with E-state index in [1.165, 1.54) is 16.7 Å². The van der Waals surface area contributed by atoms with Crippen LogP contribution in [0.15, 0.2) is 4.99 Å². The van der Waals surface area contributed by atoms with E-state index in [9.17, 15) is 33.6 Å². The molecule has 2 saturated heterocycles. The SMILES string of the molecule is CSCC[C@H](NN[C@@H](CC(C)C)C(=O)NCC(=O)N(N[C@@H](C=O)C(C)C)[C@H](C=O)CCCN=C(N)N)C(=O)N1[C@@H](CS)C(=O)C1(C)N1CCC[C@H]1C=O. The molecule has 1 unspecified atom stereocenters. The summed E-state index contributed by atoms with van der Waals surface area (Å²) in [6, 6.07) is -4.75. The Balaban J connectivity index is 2.25. The van der Waals surface area contributed by atoms with Crippen LogP contribution in [0.3, 0.4) is 0 Å². The Bertz CT molecular complexity index is 1300. The molecule has 8 N–H and O–H groups in total. The van der Waals surface area contributed by atoms with Crippen molar-refractivity contribution in [3.63, 3.8) is 0 Å². The van der Waals surface area contributed by atoms with Gasteiger partial charge >= 0.3 is 0 Å². The minimum atomic E-state index is -1.30. The average molecular weight is 785 g/mol. The number of hydrogen-bond donors (Lipinski definition) is 7. The lowest BCUT2D eigenvalue weighted by molar-refractivity contribution is -0.191. The number of ketones is 1. The molecule has 3 amide bonds. The Morgan fingerprint density at radius 3 is 2.32 bits per heavy atom. The Labute approximate surface area is 322 Å². The number of carbonyl (C=O) groups is 7. The summed E-state index contributed by atoms with van der Waals surface area (Å²) in [7, 11) is 0. The first-order valence-corrected chi connectivity index (χ1v) is 20.2. The number of likely N-dealkylation sites (tertiary alicyclic amines) is 2. The van der Waals surface area contributed by atoms with Crippen LogP contribution in [-0.2, 0) is 33.6 Å². The number of hydrazine groups is 2. The standard InChI is InChI=1S/C34H60N10O7S2/c1-21(2)15-26(31(50)38-16-29(48)44(41-27(19-47)22(3)4)24(18-46)9-7-12-37-33(35)36)40-39-25(11-14-53-6)32(51)43-28(20-52)30(49)34(43,5)42-13-8-10-23(42)17-45/h17-19,21-28,39-41,52H,7-16,20H2,1-6H3,(H,38,50)(H4,35,36,37)/t23-,24-,25-,26-,27-,28-,34?/m0/s1. The Kier molecular flexibility index (Phi) is 19.4. The molecule has 0 aromatic heterocycles. The van der Waals surface area contributed by atoms with Crippen LogP contribution in [0.4, 0.5) is 0 Å². The van der Waals surface area contributed by atoms with Crippen LogP contribution in [0.25, 0.3) is 0 Å². The largest absolute Gasteiger partial charge is 0.370 e. The number of aldehydes is 3. The number of Topliss-reactive ketones (excluding diaryl/α,β-unsaturated/α-hetero) is 1. The first-order chi connectivity index (χ1) is 25.1. The van der Waals surface area contributed by atoms with Crippen molar-refractivity contribution in [1.29, 1.82) is 0 Å². The van der Waals surface area contributed by atoms with E-state index in [0.717, 1.165) is 17.7 Å². The van der Waals surface area contributed by atoms with Gasteiger partial charge in [-0.15, -0.1) is 0 Å².